The van der Waals surface area contributed by atoms with Crippen molar-refractivity contribution in [3.63, 3.8) is 0 Å². The molecule has 0 bridgehead atoms. The predicted molar refractivity (Wildman–Crippen MR) is 68.0 cm³/mol. The number of aromatic nitrogens is 1. The molecule has 1 heterocycles. The minimum Gasteiger partial charge on any atom is -0.476 e. The third-order valence-corrected chi connectivity index (χ3v) is 2.52. The average molecular weight is 246 g/mol. The van der Waals surface area contributed by atoms with Gasteiger partial charge in [-0.15, -0.1) is 0 Å². The number of rotatable bonds is 3. The van der Waals surface area contributed by atoms with Crippen molar-refractivity contribution >= 4 is 11.9 Å². The Morgan fingerprint density at radius 3 is 2.33 bits per heavy atom. The molecule has 0 atom stereocenters. The van der Waals surface area contributed by atoms with Gasteiger partial charge in [0.15, 0.2) is 0 Å². The Labute approximate surface area is 105 Å². The Balaban J connectivity index is 2.49. The molecule has 2 rings (SSSR count). The first-order valence-electron chi connectivity index (χ1n) is 5.47. The highest BCUT2D eigenvalue weighted by atomic mass is 16.4. The van der Waals surface area contributed by atoms with E-state index in [2.05, 4.69) is 4.98 Å². The summed E-state index contributed by atoms with van der Waals surface area (Å²) in [5.74, 6) is -0.532. The molecule has 0 fully saturated rings. The zero-order valence-electron chi connectivity index (χ0n) is 10.5. The van der Waals surface area contributed by atoms with E-state index in [0.717, 1.165) is 11.1 Å². The van der Waals surface area contributed by atoms with Crippen LogP contribution in [0, 0.1) is 6.92 Å². The van der Waals surface area contributed by atoms with E-state index in [1.165, 1.54) is 0 Å². The van der Waals surface area contributed by atoms with Gasteiger partial charge in [0.2, 0.25) is 17.5 Å². The van der Waals surface area contributed by atoms with Crippen molar-refractivity contribution < 1.29 is 14.3 Å². The van der Waals surface area contributed by atoms with Gasteiger partial charge >= 0.3 is 5.97 Å². The number of oxazole rings is 1. The Hall–Kier alpha value is -2.30. The summed E-state index contributed by atoms with van der Waals surface area (Å²) in [5, 5.41) is 9.07. The fraction of sp³-hybridized carbons (Fsp3) is 0.231. The van der Waals surface area contributed by atoms with Crippen molar-refractivity contribution in [3.8, 4) is 11.5 Å². The van der Waals surface area contributed by atoms with Crippen LogP contribution in [-0.2, 0) is 0 Å². The summed E-state index contributed by atoms with van der Waals surface area (Å²) in [6, 6.07) is 7.56. The van der Waals surface area contributed by atoms with Gasteiger partial charge in [-0.05, 0) is 19.1 Å². The number of benzene rings is 1. The van der Waals surface area contributed by atoms with Gasteiger partial charge < -0.3 is 14.4 Å². The quantitative estimate of drug-likeness (QED) is 0.900. The van der Waals surface area contributed by atoms with Crippen molar-refractivity contribution in [2.24, 2.45) is 0 Å². The lowest BCUT2D eigenvalue weighted by molar-refractivity contribution is 0.0691. The van der Waals surface area contributed by atoms with Crippen LogP contribution in [-0.4, -0.2) is 30.2 Å². The molecule has 1 aromatic heterocycles. The Morgan fingerprint density at radius 1 is 1.28 bits per heavy atom. The standard InChI is InChI=1S/C13H14N2O3/c1-8-4-6-9(7-5-8)11-14-10(13(16)17)12(18-11)15(2)3/h4-7H,1-3H3,(H,16,17). The Morgan fingerprint density at radius 2 is 1.89 bits per heavy atom. The van der Waals surface area contributed by atoms with E-state index in [0.29, 0.717) is 5.89 Å². The van der Waals surface area contributed by atoms with E-state index in [9.17, 15) is 4.79 Å². The normalized spacial score (nSPS) is 10.4. The molecule has 18 heavy (non-hydrogen) atoms. The number of anilines is 1. The van der Waals surface area contributed by atoms with Gasteiger partial charge in [-0.1, -0.05) is 17.7 Å². The first-order valence-corrected chi connectivity index (χ1v) is 5.47. The van der Waals surface area contributed by atoms with Crippen LogP contribution >= 0.6 is 0 Å². The topological polar surface area (TPSA) is 66.6 Å². The van der Waals surface area contributed by atoms with Gasteiger partial charge in [0, 0.05) is 19.7 Å². The molecule has 2 aromatic rings. The summed E-state index contributed by atoms with van der Waals surface area (Å²) in [7, 11) is 3.43. The lowest BCUT2D eigenvalue weighted by Crippen LogP contribution is -2.12. The maximum absolute atomic E-state index is 11.1. The molecule has 0 spiro atoms. The number of hydrogen-bond acceptors (Lipinski definition) is 4. The van der Waals surface area contributed by atoms with Gasteiger partial charge in [0.1, 0.15) is 0 Å². The third kappa shape index (κ3) is 2.20. The molecule has 0 saturated carbocycles. The van der Waals surface area contributed by atoms with Gasteiger partial charge in [-0.2, -0.15) is 4.98 Å². The molecule has 0 aliphatic heterocycles. The molecule has 0 aliphatic carbocycles. The van der Waals surface area contributed by atoms with Crippen LogP contribution in [0.3, 0.4) is 0 Å². The summed E-state index contributed by atoms with van der Waals surface area (Å²) in [5.41, 5.74) is 1.81. The van der Waals surface area contributed by atoms with E-state index in [1.807, 2.05) is 31.2 Å². The molecule has 0 amide bonds. The molecule has 0 unspecified atom stereocenters. The summed E-state index contributed by atoms with van der Waals surface area (Å²) in [6.45, 7) is 1.98. The van der Waals surface area contributed by atoms with E-state index >= 15 is 0 Å². The molecule has 1 aromatic carbocycles. The van der Waals surface area contributed by atoms with Crippen molar-refractivity contribution in [1.29, 1.82) is 0 Å². The largest absolute Gasteiger partial charge is 0.476 e. The highest BCUT2D eigenvalue weighted by molar-refractivity contribution is 5.91. The van der Waals surface area contributed by atoms with Crippen molar-refractivity contribution in [1.82, 2.24) is 4.98 Å². The summed E-state index contributed by atoms with van der Waals surface area (Å²) in [6.07, 6.45) is 0. The first-order chi connectivity index (χ1) is 8.49. The lowest BCUT2D eigenvalue weighted by Gasteiger charge is -2.07. The zero-order chi connectivity index (χ0) is 13.3. The number of carboxylic acids is 1. The van der Waals surface area contributed by atoms with Gasteiger partial charge in [0.25, 0.3) is 0 Å². The average Bonchev–Trinajstić information content (AvgIpc) is 2.75. The van der Waals surface area contributed by atoms with Crippen LogP contribution in [0.2, 0.25) is 0 Å². The number of carboxylic acid groups (broad SMARTS) is 1. The monoisotopic (exact) mass is 246 g/mol. The smallest absolute Gasteiger partial charge is 0.360 e. The second-order valence-electron chi connectivity index (χ2n) is 4.24. The minimum atomic E-state index is -1.10. The van der Waals surface area contributed by atoms with Gasteiger partial charge in [0.05, 0.1) is 0 Å². The van der Waals surface area contributed by atoms with E-state index in [-0.39, 0.29) is 11.6 Å². The van der Waals surface area contributed by atoms with Crippen LogP contribution in [0.4, 0.5) is 5.88 Å². The van der Waals surface area contributed by atoms with Crippen LogP contribution in [0.15, 0.2) is 28.7 Å². The van der Waals surface area contributed by atoms with E-state index in [4.69, 9.17) is 9.52 Å². The van der Waals surface area contributed by atoms with Crippen molar-refractivity contribution in [3.05, 3.63) is 35.5 Å². The molecule has 1 N–H and O–H groups in total. The number of aryl methyl sites for hydroxylation is 1. The summed E-state index contributed by atoms with van der Waals surface area (Å²) < 4.78 is 5.50. The fourth-order valence-corrected chi connectivity index (χ4v) is 1.57. The fourth-order valence-electron chi connectivity index (χ4n) is 1.57. The zero-order valence-corrected chi connectivity index (χ0v) is 10.5. The van der Waals surface area contributed by atoms with Gasteiger partial charge in [-0.25, -0.2) is 4.79 Å². The van der Waals surface area contributed by atoms with E-state index < -0.39 is 5.97 Å². The molecule has 5 heteroatoms. The maximum Gasteiger partial charge on any atom is 0.360 e. The van der Waals surface area contributed by atoms with Crippen LogP contribution < -0.4 is 4.90 Å². The molecule has 0 aliphatic rings. The highest BCUT2D eigenvalue weighted by Crippen LogP contribution is 2.27. The molecular weight excluding hydrogens is 232 g/mol. The Kier molecular flexibility index (Phi) is 3.06. The third-order valence-electron chi connectivity index (χ3n) is 2.52. The lowest BCUT2D eigenvalue weighted by atomic mass is 10.1. The predicted octanol–water partition coefficient (Wildman–Crippen LogP) is 2.41. The summed E-state index contributed by atoms with van der Waals surface area (Å²) in [4.78, 5) is 16.7. The molecule has 5 nitrogen and oxygen atoms in total. The van der Waals surface area contributed by atoms with Crippen LogP contribution in [0.5, 0.6) is 0 Å². The van der Waals surface area contributed by atoms with Gasteiger partial charge in [-0.3, -0.25) is 0 Å². The number of hydrogen-bond donors (Lipinski definition) is 1. The molecule has 0 radical (unpaired) electrons. The van der Waals surface area contributed by atoms with Crippen LogP contribution in [0.25, 0.3) is 11.5 Å². The molecule has 94 valence electrons. The maximum atomic E-state index is 11.1. The second-order valence-corrected chi connectivity index (χ2v) is 4.24. The number of nitrogens with zero attached hydrogens (tertiary/aromatic N) is 2. The highest BCUT2D eigenvalue weighted by Gasteiger charge is 2.21. The van der Waals surface area contributed by atoms with Crippen molar-refractivity contribution in [2.45, 2.75) is 6.92 Å². The molecular formula is C13H14N2O3. The molecule has 0 saturated heterocycles. The minimum absolute atomic E-state index is 0.0735. The first kappa shape index (κ1) is 12.2. The summed E-state index contributed by atoms with van der Waals surface area (Å²) >= 11 is 0. The van der Waals surface area contributed by atoms with E-state index in [1.54, 1.807) is 19.0 Å². The van der Waals surface area contributed by atoms with Crippen LogP contribution in [0.1, 0.15) is 16.1 Å². The number of carbonyl (C=O) groups is 1. The van der Waals surface area contributed by atoms with Crippen molar-refractivity contribution in [2.75, 3.05) is 19.0 Å². The SMILES string of the molecule is Cc1ccc(-c2nc(C(=O)O)c(N(C)C)o2)cc1. The second kappa shape index (κ2) is 4.52. The Bertz CT molecular complexity index is 570. The number of aromatic carboxylic acids is 1.